The monoisotopic (exact) mass is 346 g/mol. The lowest BCUT2D eigenvalue weighted by Crippen LogP contribution is -2.53. The predicted molar refractivity (Wildman–Crippen MR) is 98.9 cm³/mol. The Bertz CT molecular complexity index is 595. The summed E-state index contributed by atoms with van der Waals surface area (Å²) in [6, 6.07) is 8.35. The number of rotatable bonds is 4. The Morgan fingerprint density at radius 1 is 1.24 bits per heavy atom. The van der Waals surface area contributed by atoms with Crippen LogP contribution in [0.15, 0.2) is 24.3 Å². The van der Waals surface area contributed by atoms with Gasteiger partial charge in [-0.25, -0.2) is 4.39 Å². The van der Waals surface area contributed by atoms with Crippen LogP contribution in [0.3, 0.4) is 0 Å². The number of hydrogen-bond donors (Lipinski definition) is 0. The minimum Gasteiger partial charge on any atom is -0.341 e. The third-order valence-electron chi connectivity index (χ3n) is 6.00. The van der Waals surface area contributed by atoms with Crippen molar-refractivity contribution in [3.05, 3.63) is 35.6 Å². The molecule has 25 heavy (non-hydrogen) atoms. The van der Waals surface area contributed by atoms with Crippen LogP contribution in [-0.2, 0) is 11.2 Å². The summed E-state index contributed by atoms with van der Waals surface area (Å²) in [4.78, 5) is 17.6. The van der Waals surface area contributed by atoms with Crippen LogP contribution in [0.4, 0.5) is 4.39 Å². The molecule has 3 nitrogen and oxygen atoms in total. The van der Waals surface area contributed by atoms with Gasteiger partial charge in [0, 0.05) is 37.1 Å². The molecule has 1 amide bonds. The van der Waals surface area contributed by atoms with Crippen LogP contribution in [0.25, 0.3) is 0 Å². The van der Waals surface area contributed by atoms with Gasteiger partial charge in [-0.2, -0.15) is 0 Å². The molecule has 2 aliphatic rings. The number of likely N-dealkylation sites (tertiary alicyclic amines) is 2. The second-order valence-electron chi connectivity index (χ2n) is 8.04. The first-order valence-electron chi connectivity index (χ1n) is 9.76. The Hall–Kier alpha value is -1.42. The van der Waals surface area contributed by atoms with E-state index in [0.29, 0.717) is 24.5 Å². The molecule has 0 aromatic heterocycles. The first kappa shape index (κ1) is 18.4. The summed E-state index contributed by atoms with van der Waals surface area (Å²) in [5, 5.41) is 0. The quantitative estimate of drug-likeness (QED) is 0.826. The van der Waals surface area contributed by atoms with Gasteiger partial charge in [0.1, 0.15) is 5.82 Å². The SMILES string of the molecule is CC(Cc1cccc(F)c1)C(=O)N1CCCC(N2C(C)CCC2C)C1. The summed E-state index contributed by atoms with van der Waals surface area (Å²) in [5.41, 5.74) is 0.899. The summed E-state index contributed by atoms with van der Waals surface area (Å²) in [6.07, 6.45) is 5.41. The number of benzene rings is 1. The minimum absolute atomic E-state index is 0.103. The van der Waals surface area contributed by atoms with Gasteiger partial charge in [-0.05, 0) is 63.6 Å². The van der Waals surface area contributed by atoms with E-state index >= 15 is 0 Å². The highest BCUT2D eigenvalue weighted by molar-refractivity contribution is 5.79. The summed E-state index contributed by atoms with van der Waals surface area (Å²) in [7, 11) is 0. The van der Waals surface area contributed by atoms with Gasteiger partial charge in [0.25, 0.3) is 0 Å². The van der Waals surface area contributed by atoms with Crippen LogP contribution in [-0.4, -0.2) is 46.9 Å². The highest BCUT2D eigenvalue weighted by atomic mass is 19.1. The van der Waals surface area contributed by atoms with Crippen molar-refractivity contribution in [2.24, 2.45) is 5.92 Å². The van der Waals surface area contributed by atoms with Crippen molar-refractivity contribution >= 4 is 5.91 Å². The van der Waals surface area contributed by atoms with Crippen LogP contribution in [0, 0.1) is 11.7 Å². The lowest BCUT2D eigenvalue weighted by atomic mass is 9.96. The van der Waals surface area contributed by atoms with Crippen LogP contribution >= 0.6 is 0 Å². The van der Waals surface area contributed by atoms with Crippen molar-refractivity contribution in [1.82, 2.24) is 9.80 Å². The molecule has 4 unspecified atom stereocenters. The van der Waals surface area contributed by atoms with E-state index in [2.05, 4.69) is 23.6 Å². The fourth-order valence-corrected chi connectivity index (χ4v) is 4.75. The first-order valence-corrected chi connectivity index (χ1v) is 9.76. The van der Waals surface area contributed by atoms with E-state index in [1.807, 2.05) is 13.0 Å². The van der Waals surface area contributed by atoms with E-state index in [0.717, 1.165) is 25.1 Å². The average molecular weight is 346 g/mol. The van der Waals surface area contributed by atoms with Gasteiger partial charge in [-0.3, -0.25) is 9.69 Å². The van der Waals surface area contributed by atoms with Crippen molar-refractivity contribution in [2.45, 2.75) is 71.0 Å². The second-order valence-corrected chi connectivity index (χ2v) is 8.04. The number of piperidine rings is 1. The van der Waals surface area contributed by atoms with Gasteiger partial charge in [0.05, 0.1) is 0 Å². The molecule has 4 atom stereocenters. The largest absolute Gasteiger partial charge is 0.341 e. The van der Waals surface area contributed by atoms with E-state index in [9.17, 15) is 9.18 Å². The third kappa shape index (κ3) is 4.22. The fraction of sp³-hybridized carbons (Fsp3) is 0.667. The minimum atomic E-state index is -0.229. The molecule has 138 valence electrons. The average Bonchev–Trinajstić information content (AvgIpc) is 2.93. The number of halogens is 1. The van der Waals surface area contributed by atoms with Crippen LogP contribution in [0.1, 0.15) is 52.0 Å². The molecule has 2 aliphatic heterocycles. The molecule has 1 aromatic carbocycles. The van der Waals surface area contributed by atoms with Gasteiger partial charge >= 0.3 is 0 Å². The van der Waals surface area contributed by atoms with Gasteiger partial charge in [-0.15, -0.1) is 0 Å². The molecule has 4 heteroatoms. The van der Waals surface area contributed by atoms with E-state index < -0.39 is 0 Å². The van der Waals surface area contributed by atoms with Crippen molar-refractivity contribution < 1.29 is 9.18 Å². The van der Waals surface area contributed by atoms with Gasteiger partial charge in [0.2, 0.25) is 5.91 Å². The van der Waals surface area contributed by atoms with E-state index in [-0.39, 0.29) is 17.6 Å². The molecular formula is C21H31FN2O. The van der Waals surface area contributed by atoms with Crippen LogP contribution in [0.5, 0.6) is 0 Å². The Morgan fingerprint density at radius 3 is 2.64 bits per heavy atom. The summed E-state index contributed by atoms with van der Waals surface area (Å²) in [5.74, 6) is -0.116. The molecular weight excluding hydrogens is 315 g/mol. The van der Waals surface area contributed by atoms with Gasteiger partial charge < -0.3 is 4.90 Å². The van der Waals surface area contributed by atoms with Gasteiger partial charge in [-0.1, -0.05) is 19.1 Å². The maximum atomic E-state index is 13.4. The lowest BCUT2D eigenvalue weighted by Gasteiger charge is -2.42. The van der Waals surface area contributed by atoms with Crippen LogP contribution < -0.4 is 0 Å². The zero-order valence-electron chi connectivity index (χ0n) is 15.7. The third-order valence-corrected chi connectivity index (χ3v) is 6.00. The summed E-state index contributed by atoms with van der Waals surface area (Å²) in [6.45, 7) is 8.31. The summed E-state index contributed by atoms with van der Waals surface area (Å²) < 4.78 is 13.4. The number of carbonyl (C=O) groups excluding carboxylic acids is 1. The summed E-state index contributed by atoms with van der Waals surface area (Å²) >= 11 is 0. The van der Waals surface area contributed by atoms with Crippen molar-refractivity contribution in [3.8, 4) is 0 Å². The molecule has 3 rings (SSSR count). The number of nitrogens with zero attached hydrogens (tertiary/aromatic N) is 2. The molecule has 0 spiro atoms. The molecule has 0 radical (unpaired) electrons. The molecule has 0 saturated carbocycles. The Labute approximate surface area is 151 Å². The Balaban J connectivity index is 1.61. The maximum Gasteiger partial charge on any atom is 0.225 e. The molecule has 0 N–H and O–H groups in total. The van der Waals surface area contributed by atoms with Crippen molar-refractivity contribution in [2.75, 3.05) is 13.1 Å². The molecule has 0 bridgehead atoms. The van der Waals surface area contributed by atoms with E-state index in [1.54, 1.807) is 6.07 Å². The molecule has 2 fully saturated rings. The predicted octanol–water partition coefficient (Wildman–Crippen LogP) is 3.87. The maximum absolute atomic E-state index is 13.4. The normalized spacial score (nSPS) is 29.0. The number of hydrogen-bond acceptors (Lipinski definition) is 2. The number of carbonyl (C=O) groups is 1. The van der Waals surface area contributed by atoms with Crippen molar-refractivity contribution in [1.29, 1.82) is 0 Å². The Morgan fingerprint density at radius 2 is 1.96 bits per heavy atom. The standard InChI is InChI=1S/C21H31FN2O/c1-15(12-18-6-4-7-19(22)13-18)21(25)23-11-5-8-20(14-23)24-16(2)9-10-17(24)3/h4,6-7,13,15-17,20H,5,8-12,14H2,1-3H3. The fourth-order valence-electron chi connectivity index (χ4n) is 4.75. The van der Waals surface area contributed by atoms with Crippen LogP contribution in [0.2, 0.25) is 0 Å². The number of amides is 1. The topological polar surface area (TPSA) is 23.6 Å². The molecule has 2 saturated heterocycles. The van der Waals surface area contributed by atoms with Gasteiger partial charge in [0.15, 0.2) is 0 Å². The van der Waals surface area contributed by atoms with Crippen molar-refractivity contribution in [3.63, 3.8) is 0 Å². The Kier molecular flexibility index (Phi) is 5.78. The highest BCUT2D eigenvalue weighted by Gasteiger charge is 2.36. The second kappa shape index (κ2) is 7.86. The van der Waals surface area contributed by atoms with E-state index in [4.69, 9.17) is 0 Å². The first-order chi connectivity index (χ1) is 12.0. The van der Waals surface area contributed by atoms with E-state index in [1.165, 1.54) is 31.4 Å². The molecule has 2 heterocycles. The lowest BCUT2D eigenvalue weighted by molar-refractivity contribution is -0.137. The highest BCUT2D eigenvalue weighted by Crippen LogP contribution is 2.30. The zero-order chi connectivity index (χ0) is 18.0. The molecule has 1 aromatic rings. The molecule has 0 aliphatic carbocycles. The smallest absolute Gasteiger partial charge is 0.225 e. The zero-order valence-corrected chi connectivity index (χ0v) is 15.7.